The van der Waals surface area contributed by atoms with Crippen LogP contribution in [0.5, 0.6) is 17.4 Å². The summed E-state index contributed by atoms with van der Waals surface area (Å²) < 4.78 is 62.3. The van der Waals surface area contributed by atoms with Crippen LogP contribution in [-0.2, 0) is 25.7 Å². The number of hydrogen-bond donors (Lipinski definition) is 0. The molecular weight excluding hydrogens is 633 g/mol. The molecule has 6 aromatic rings. The number of ether oxygens (including phenoxy) is 3. The summed E-state index contributed by atoms with van der Waals surface area (Å²) in [5.41, 5.74) is 1.96. The van der Waals surface area contributed by atoms with Crippen LogP contribution in [0.1, 0.15) is 28.1 Å². The van der Waals surface area contributed by atoms with Gasteiger partial charge in [0.25, 0.3) is 0 Å². The highest BCUT2D eigenvalue weighted by Crippen LogP contribution is 2.37. The standard InChI is InChI=1S/C34H28ClF3N6O3/c1-45-28-11-5-23(6-12-28)20-43-33(34(36,37)38)32(40-42-43)25-15-16-39-30(18-25)44-31(47-21-24-7-13-29(46-2)14-8-24)19-27(41-44)17-22-3-9-26(35)10-4-22/h3-16,18-19H,17,20-21H2,1-2H3. The highest BCUT2D eigenvalue weighted by atomic mass is 35.5. The molecule has 0 N–H and O–H groups in total. The third-order valence-corrected chi connectivity index (χ3v) is 7.55. The van der Waals surface area contributed by atoms with Crippen molar-refractivity contribution in [2.45, 2.75) is 25.7 Å². The predicted octanol–water partition coefficient (Wildman–Crippen LogP) is 7.43. The van der Waals surface area contributed by atoms with Crippen LogP contribution in [-0.4, -0.2) is 44.0 Å². The third-order valence-electron chi connectivity index (χ3n) is 7.30. The second kappa shape index (κ2) is 13.6. The maximum absolute atomic E-state index is 14.5. The molecule has 6 rings (SSSR count). The van der Waals surface area contributed by atoms with Crippen molar-refractivity contribution in [3.05, 3.63) is 130 Å². The minimum Gasteiger partial charge on any atom is -0.497 e. The molecule has 47 heavy (non-hydrogen) atoms. The van der Waals surface area contributed by atoms with Crippen LogP contribution in [0.4, 0.5) is 13.2 Å². The van der Waals surface area contributed by atoms with Crippen molar-refractivity contribution in [3.63, 3.8) is 0 Å². The van der Waals surface area contributed by atoms with E-state index in [9.17, 15) is 13.2 Å². The van der Waals surface area contributed by atoms with Crippen molar-refractivity contribution in [2.75, 3.05) is 14.2 Å². The van der Waals surface area contributed by atoms with Gasteiger partial charge in [-0.25, -0.2) is 9.67 Å². The van der Waals surface area contributed by atoms with Crippen molar-refractivity contribution in [1.82, 2.24) is 29.8 Å². The Kier molecular flexibility index (Phi) is 9.12. The van der Waals surface area contributed by atoms with Crippen LogP contribution in [0, 0.1) is 0 Å². The Labute approximate surface area is 273 Å². The topological polar surface area (TPSA) is 89.1 Å². The molecule has 13 heteroatoms. The van der Waals surface area contributed by atoms with Gasteiger partial charge in [-0.3, -0.25) is 0 Å². The number of rotatable bonds is 11. The summed E-state index contributed by atoms with van der Waals surface area (Å²) in [4.78, 5) is 4.43. The normalized spacial score (nSPS) is 11.4. The second-order valence-electron chi connectivity index (χ2n) is 10.5. The first kappa shape index (κ1) is 31.6. The van der Waals surface area contributed by atoms with E-state index in [1.165, 1.54) is 30.1 Å². The van der Waals surface area contributed by atoms with E-state index in [0.717, 1.165) is 15.8 Å². The number of benzene rings is 3. The largest absolute Gasteiger partial charge is 0.497 e. The van der Waals surface area contributed by atoms with Crippen molar-refractivity contribution in [3.8, 4) is 34.5 Å². The molecule has 0 aliphatic carbocycles. The first-order chi connectivity index (χ1) is 22.7. The average molecular weight is 661 g/mol. The summed E-state index contributed by atoms with van der Waals surface area (Å²) >= 11 is 6.06. The monoisotopic (exact) mass is 660 g/mol. The molecule has 9 nitrogen and oxygen atoms in total. The number of nitrogens with zero attached hydrogens (tertiary/aromatic N) is 6. The first-order valence-electron chi connectivity index (χ1n) is 14.4. The van der Waals surface area contributed by atoms with E-state index >= 15 is 0 Å². The molecule has 3 heterocycles. The molecule has 0 bridgehead atoms. The van der Waals surface area contributed by atoms with Crippen LogP contribution >= 0.6 is 11.6 Å². The summed E-state index contributed by atoms with van der Waals surface area (Å²) in [6, 6.07) is 26.2. The van der Waals surface area contributed by atoms with Crippen molar-refractivity contribution < 1.29 is 27.4 Å². The fourth-order valence-electron chi connectivity index (χ4n) is 4.94. The van der Waals surface area contributed by atoms with Gasteiger partial charge in [0.1, 0.15) is 23.8 Å². The molecule has 0 saturated heterocycles. The first-order valence-corrected chi connectivity index (χ1v) is 14.8. The van der Waals surface area contributed by atoms with Crippen LogP contribution in [0.25, 0.3) is 17.1 Å². The van der Waals surface area contributed by atoms with Gasteiger partial charge in [0, 0.05) is 29.3 Å². The molecule has 0 spiro atoms. The third kappa shape index (κ3) is 7.39. The number of aromatic nitrogens is 6. The summed E-state index contributed by atoms with van der Waals surface area (Å²) in [5, 5.41) is 13.2. The lowest BCUT2D eigenvalue weighted by Crippen LogP contribution is -2.16. The fraction of sp³-hybridized carbons (Fsp3) is 0.176. The Morgan fingerprint density at radius 1 is 0.787 bits per heavy atom. The Morgan fingerprint density at radius 2 is 1.43 bits per heavy atom. The maximum Gasteiger partial charge on any atom is 0.435 e. The maximum atomic E-state index is 14.5. The van der Waals surface area contributed by atoms with Crippen molar-refractivity contribution in [1.29, 1.82) is 0 Å². The lowest BCUT2D eigenvalue weighted by molar-refractivity contribution is -0.143. The van der Waals surface area contributed by atoms with E-state index in [0.29, 0.717) is 40.1 Å². The molecule has 0 amide bonds. The summed E-state index contributed by atoms with van der Waals surface area (Å²) in [7, 11) is 3.11. The van der Waals surface area contributed by atoms with E-state index in [1.807, 2.05) is 36.4 Å². The molecule has 3 aromatic carbocycles. The minimum absolute atomic E-state index is 0.139. The zero-order chi connectivity index (χ0) is 33.0. The average Bonchev–Trinajstić information content (AvgIpc) is 3.70. The SMILES string of the molecule is COc1ccc(COc2cc(Cc3ccc(Cl)cc3)nn2-c2cc(-c3nnn(Cc4ccc(OC)cc4)c3C(F)(F)F)ccn2)cc1. The fourth-order valence-corrected chi connectivity index (χ4v) is 5.06. The van der Waals surface area contributed by atoms with E-state index in [2.05, 4.69) is 15.3 Å². The Bertz CT molecular complexity index is 1960. The molecule has 3 aromatic heterocycles. The quantitative estimate of drug-likeness (QED) is 0.143. The van der Waals surface area contributed by atoms with E-state index in [-0.39, 0.29) is 30.2 Å². The van der Waals surface area contributed by atoms with Gasteiger partial charge in [0.05, 0.1) is 26.5 Å². The molecule has 0 aliphatic heterocycles. The Morgan fingerprint density at radius 3 is 2.06 bits per heavy atom. The van der Waals surface area contributed by atoms with E-state index in [1.54, 1.807) is 49.6 Å². The molecular formula is C34H28ClF3N6O3. The molecule has 0 unspecified atom stereocenters. The molecule has 0 atom stereocenters. The van der Waals surface area contributed by atoms with Crippen molar-refractivity contribution in [2.24, 2.45) is 0 Å². The molecule has 0 aliphatic rings. The highest BCUT2D eigenvalue weighted by Gasteiger charge is 2.40. The van der Waals surface area contributed by atoms with Crippen LogP contribution in [0.3, 0.4) is 0 Å². The molecule has 0 saturated carbocycles. The van der Waals surface area contributed by atoms with Crippen LogP contribution in [0.15, 0.2) is 97.2 Å². The Hall–Kier alpha value is -5.36. The highest BCUT2D eigenvalue weighted by molar-refractivity contribution is 6.30. The van der Waals surface area contributed by atoms with E-state index in [4.69, 9.17) is 30.9 Å². The van der Waals surface area contributed by atoms with Gasteiger partial charge in [0.2, 0.25) is 5.88 Å². The van der Waals surface area contributed by atoms with Gasteiger partial charge in [-0.1, -0.05) is 53.2 Å². The summed E-state index contributed by atoms with van der Waals surface area (Å²) in [5.74, 6) is 1.90. The van der Waals surface area contributed by atoms with Crippen LogP contribution in [0.2, 0.25) is 5.02 Å². The number of alkyl halides is 3. The molecule has 0 fully saturated rings. The number of methoxy groups -OCH3 is 2. The second-order valence-corrected chi connectivity index (χ2v) is 11.0. The summed E-state index contributed by atoms with van der Waals surface area (Å²) in [6.45, 7) is 0.0635. The van der Waals surface area contributed by atoms with Gasteiger partial charge < -0.3 is 14.2 Å². The number of halogens is 4. The molecule has 0 radical (unpaired) electrons. The van der Waals surface area contributed by atoms with Gasteiger partial charge in [-0.15, -0.1) is 5.10 Å². The van der Waals surface area contributed by atoms with Crippen LogP contribution < -0.4 is 14.2 Å². The van der Waals surface area contributed by atoms with E-state index < -0.39 is 11.9 Å². The van der Waals surface area contributed by atoms with Gasteiger partial charge in [-0.05, 0) is 65.2 Å². The minimum atomic E-state index is -4.74. The van der Waals surface area contributed by atoms with Gasteiger partial charge in [0.15, 0.2) is 11.5 Å². The van der Waals surface area contributed by atoms with Crippen molar-refractivity contribution >= 4 is 11.6 Å². The van der Waals surface area contributed by atoms with Gasteiger partial charge in [-0.2, -0.15) is 23.0 Å². The predicted molar refractivity (Wildman–Crippen MR) is 169 cm³/mol. The Balaban J connectivity index is 1.34. The zero-order valence-electron chi connectivity index (χ0n) is 25.3. The van der Waals surface area contributed by atoms with Gasteiger partial charge >= 0.3 is 6.18 Å². The lowest BCUT2D eigenvalue weighted by Gasteiger charge is -2.13. The smallest absolute Gasteiger partial charge is 0.435 e. The number of hydrogen-bond acceptors (Lipinski definition) is 7. The molecule has 240 valence electrons. The lowest BCUT2D eigenvalue weighted by atomic mass is 10.1. The summed E-state index contributed by atoms with van der Waals surface area (Å²) in [6.07, 6.45) is -2.87. The number of pyridine rings is 1. The zero-order valence-corrected chi connectivity index (χ0v) is 26.0.